The van der Waals surface area contributed by atoms with Crippen LogP contribution in [-0.4, -0.2) is 24.7 Å². The number of nitrogens with zero attached hydrogens (tertiary/aromatic N) is 1. The molecule has 1 amide bonds. The molecule has 0 spiro atoms. The molecule has 1 N–H and O–H groups in total. The monoisotopic (exact) mass is 300 g/mol. The lowest BCUT2D eigenvalue weighted by molar-refractivity contribution is -0.122. The van der Waals surface area contributed by atoms with Crippen molar-refractivity contribution in [3.63, 3.8) is 0 Å². The van der Waals surface area contributed by atoms with Crippen molar-refractivity contribution in [2.75, 3.05) is 13.2 Å². The molecule has 0 atom stereocenters. The molecule has 22 heavy (non-hydrogen) atoms. The molecule has 0 aliphatic carbocycles. The van der Waals surface area contributed by atoms with Crippen molar-refractivity contribution in [1.82, 2.24) is 5.32 Å². The number of amides is 1. The van der Waals surface area contributed by atoms with Gasteiger partial charge in [-0.3, -0.25) is 4.79 Å². The molecule has 118 valence electrons. The lowest BCUT2D eigenvalue weighted by Crippen LogP contribution is -2.51. The van der Waals surface area contributed by atoms with Gasteiger partial charge in [-0.15, -0.1) is 0 Å². The molecular formula is C18H24N2O2. The maximum absolute atomic E-state index is 12.5. The largest absolute Gasteiger partial charge is 0.381 e. The Balaban J connectivity index is 2.14. The van der Waals surface area contributed by atoms with Gasteiger partial charge in [-0.1, -0.05) is 32.0 Å². The van der Waals surface area contributed by atoms with Crippen molar-refractivity contribution in [1.29, 1.82) is 5.26 Å². The molecule has 4 nitrogen and oxygen atoms in total. The summed E-state index contributed by atoms with van der Waals surface area (Å²) in [5, 5.41) is 12.4. The first-order valence-corrected chi connectivity index (χ1v) is 8.03. The van der Waals surface area contributed by atoms with Gasteiger partial charge in [-0.2, -0.15) is 5.26 Å². The Morgan fingerprint density at radius 2 is 1.86 bits per heavy atom. The number of rotatable bonds is 5. The third-order valence-corrected chi connectivity index (χ3v) is 4.41. The van der Waals surface area contributed by atoms with Gasteiger partial charge in [0.1, 0.15) is 5.54 Å². The minimum Gasteiger partial charge on any atom is -0.381 e. The third-order valence-electron chi connectivity index (χ3n) is 4.41. The summed E-state index contributed by atoms with van der Waals surface area (Å²) in [7, 11) is 0. The second-order valence-electron chi connectivity index (χ2n) is 5.79. The maximum Gasteiger partial charge on any atom is 0.225 e. The van der Waals surface area contributed by atoms with Gasteiger partial charge in [0.25, 0.3) is 0 Å². The number of nitrogens with one attached hydrogen (secondary N) is 1. The summed E-state index contributed by atoms with van der Waals surface area (Å²) in [6, 6.07) is 8.49. The highest BCUT2D eigenvalue weighted by atomic mass is 16.5. The molecule has 0 saturated carbocycles. The van der Waals surface area contributed by atoms with Crippen LogP contribution in [-0.2, 0) is 28.8 Å². The fourth-order valence-electron chi connectivity index (χ4n) is 3.03. The van der Waals surface area contributed by atoms with E-state index in [0.717, 1.165) is 18.4 Å². The zero-order valence-electron chi connectivity index (χ0n) is 13.4. The Bertz CT molecular complexity index is 547. The van der Waals surface area contributed by atoms with E-state index in [-0.39, 0.29) is 5.91 Å². The van der Waals surface area contributed by atoms with E-state index < -0.39 is 5.54 Å². The molecule has 2 rings (SSSR count). The molecule has 1 aromatic rings. The van der Waals surface area contributed by atoms with Gasteiger partial charge in [-0.25, -0.2) is 0 Å². The maximum atomic E-state index is 12.5. The number of carbonyl (C=O) groups excluding carboxylic acids is 1. The molecular weight excluding hydrogens is 276 g/mol. The highest BCUT2D eigenvalue weighted by molar-refractivity contribution is 5.80. The predicted octanol–water partition coefficient (Wildman–Crippen LogP) is 2.54. The summed E-state index contributed by atoms with van der Waals surface area (Å²) in [4.78, 5) is 12.5. The molecule has 4 heteroatoms. The zero-order valence-corrected chi connectivity index (χ0v) is 13.4. The van der Waals surface area contributed by atoms with Crippen LogP contribution in [0.1, 0.15) is 43.4 Å². The van der Waals surface area contributed by atoms with Crippen LogP contribution >= 0.6 is 0 Å². The molecule has 1 saturated heterocycles. The minimum absolute atomic E-state index is 0.0703. The Kier molecular flexibility index (Phi) is 5.57. The molecule has 0 aromatic heterocycles. The van der Waals surface area contributed by atoms with Crippen molar-refractivity contribution in [2.24, 2.45) is 0 Å². The van der Waals surface area contributed by atoms with Gasteiger partial charge >= 0.3 is 0 Å². The van der Waals surface area contributed by atoms with Gasteiger partial charge in [-0.05, 0) is 29.5 Å². The van der Waals surface area contributed by atoms with Crippen LogP contribution in [0.4, 0.5) is 0 Å². The van der Waals surface area contributed by atoms with Crippen molar-refractivity contribution >= 4 is 5.91 Å². The van der Waals surface area contributed by atoms with Crippen LogP contribution in [0, 0.1) is 11.3 Å². The van der Waals surface area contributed by atoms with Crippen molar-refractivity contribution in [3.8, 4) is 6.07 Å². The van der Waals surface area contributed by atoms with Crippen molar-refractivity contribution < 1.29 is 9.53 Å². The van der Waals surface area contributed by atoms with E-state index >= 15 is 0 Å². The number of nitriles is 1. The predicted molar refractivity (Wildman–Crippen MR) is 85.4 cm³/mol. The lowest BCUT2D eigenvalue weighted by atomic mass is 9.90. The molecule has 1 aliphatic rings. The SMILES string of the molecule is CCc1cccc(CC)c1CC(=O)NC1(C#N)CCOCC1. The van der Waals surface area contributed by atoms with Crippen LogP contribution in [0.15, 0.2) is 18.2 Å². The Hall–Kier alpha value is -1.86. The summed E-state index contributed by atoms with van der Waals surface area (Å²) in [5.74, 6) is -0.0703. The molecule has 1 aliphatic heterocycles. The fourth-order valence-corrected chi connectivity index (χ4v) is 3.03. The van der Waals surface area contributed by atoms with E-state index in [9.17, 15) is 10.1 Å². The molecule has 0 radical (unpaired) electrons. The normalized spacial score (nSPS) is 16.8. The number of aryl methyl sites for hydroxylation is 2. The van der Waals surface area contributed by atoms with Crippen LogP contribution in [0.2, 0.25) is 0 Å². The van der Waals surface area contributed by atoms with Gasteiger partial charge < -0.3 is 10.1 Å². The summed E-state index contributed by atoms with van der Waals surface area (Å²) >= 11 is 0. The lowest BCUT2D eigenvalue weighted by Gasteiger charge is -2.31. The van der Waals surface area contributed by atoms with E-state index in [4.69, 9.17) is 4.74 Å². The number of carbonyl (C=O) groups is 1. The van der Waals surface area contributed by atoms with Crippen LogP contribution < -0.4 is 5.32 Å². The fraction of sp³-hybridized carbons (Fsp3) is 0.556. The first kappa shape index (κ1) is 16.5. The second-order valence-corrected chi connectivity index (χ2v) is 5.79. The summed E-state index contributed by atoms with van der Waals surface area (Å²) in [6.45, 7) is 5.26. The number of hydrogen-bond acceptors (Lipinski definition) is 3. The summed E-state index contributed by atoms with van der Waals surface area (Å²) in [6.07, 6.45) is 3.29. The Labute approximate surface area is 132 Å². The smallest absolute Gasteiger partial charge is 0.225 e. The number of ether oxygens (including phenoxy) is 1. The molecule has 1 aromatic carbocycles. The van der Waals surface area contributed by atoms with Gasteiger partial charge in [0.2, 0.25) is 5.91 Å². The number of benzene rings is 1. The van der Waals surface area contributed by atoms with Crippen LogP contribution in [0.3, 0.4) is 0 Å². The molecule has 1 fully saturated rings. The first-order chi connectivity index (χ1) is 10.6. The average Bonchev–Trinajstić information content (AvgIpc) is 2.55. The topological polar surface area (TPSA) is 62.1 Å². The third kappa shape index (κ3) is 3.66. The molecule has 0 bridgehead atoms. The summed E-state index contributed by atoms with van der Waals surface area (Å²) in [5.41, 5.74) is 2.79. The van der Waals surface area contributed by atoms with E-state index in [2.05, 4.69) is 37.4 Å². The Morgan fingerprint density at radius 3 is 2.36 bits per heavy atom. The van der Waals surface area contributed by atoms with Gasteiger partial charge in [0, 0.05) is 26.1 Å². The first-order valence-electron chi connectivity index (χ1n) is 8.03. The van der Waals surface area contributed by atoms with E-state index in [1.54, 1.807) is 0 Å². The van der Waals surface area contributed by atoms with Gasteiger partial charge in [0.15, 0.2) is 0 Å². The average molecular weight is 300 g/mol. The standard InChI is InChI=1S/C18H24N2O2/c1-3-14-6-5-7-15(4-2)16(14)12-17(21)20-18(13-19)8-10-22-11-9-18/h5-7H,3-4,8-12H2,1-2H3,(H,20,21). The van der Waals surface area contributed by atoms with Crippen molar-refractivity contribution in [2.45, 2.75) is 51.5 Å². The highest BCUT2D eigenvalue weighted by Crippen LogP contribution is 2.21. The van der Waals surface area contributed by atoms with E-state index in [1.165, 1.54) is 11.1 Å². The second kappa shape index (κ2) is 7.42. The Morgan fingerprint density at radius 1 is 1.27 bits per heavy atom. The van der Waals surface area contributed by atoms with Gasteiger partial charge in [0.05, 0.1) is 12.5 Å². The summed E-state index contributed by atoms with van der Waals surface area (Å²) < 4.78 is 5.30. The highest BCUT2D eigenvalue weighted by Gasteiger charge is 2.34. The quantitative estimate of drug-likeness (QED) is 0.909. The molecule has 0 unspecified atom stereocenters. The zero-order chi connectivity index (χ0) is 16.0. The minimum atomic E-state index is -0.761. The van der Waals surface area contributed by atoms with E-state index in [1.807, 2.05) is 6.07 Å². The van der Waals surface area contributed by atoms with Crippen molar-refractivity contribution in [3.05, 3.63) is 34.9 Å². The van der Waals surface area contributed by atoms with Crippen LogP contribution in [0.25, 0.3) is 0 Å². The van der Waals surface area contributed by atoms with Crippen LogP contribution in [0.5, 0.6) is 0 Å². The van der Waals surface area contributed by atoms with E-state index in [0.29, 0.717) is 32.5 Å². The number of hydrogen-bond donors (Lipinski definition) is 1. The molecule has 1 heterocycles.